The number of benzene rings is 2. The summed E-state index contributed by atoms with van der Waals surface area (Å²) in [6.07, 6.45) is 3.90. The second kappa shape index (κ2) is 8.34. The number of aromatic nitrogens is 2. The van der Waals surface area contributed by atoms with E-state index in [1.165, 1.54) is 5.56 Å². The third-order valence-electron chi connectivity index (χ3n) is 4.75. The molecule has 3 aromatic rings. The molecule has 1 fully saturated rings. The molecule has 0 bridgehead atoms. The SMILES string of the molecule is Cl.O=C(NCc1ccc(Cn2cnc3ccccc32)cc1)[C@@H]1CCCN1. The number of amides is 1. The standard InChI is InChI=1S/C20H22N4O.ClH/c25-20(18-5-3-11-21-18)22-12-15-7-9-16(10-8-15)13-24-14-23-17-4-1-2-6-19(17)24;/h1-2,4,6-10,14,18,21H,3,5,11-13H2,(H,22,25);1H/t18-;/m0./s1. The molecule has 6 heteroatoms. The lowest BCUT2D eigenvalue weighted by atomic mass is 10.1. The van der Waals surface area contributed by atoms with E-state index >= 15 is 0 Å². The Balaban J connectivity index is 0.00000196. The second-order valence-corrected chi connectivity index (χ2v) is 6.54. The molecular weight excluding hydrogens is 348 g/mol. The summed E-state index contributed by atoms with van der Waals surface area (Å²) in [6.45, 7) is 2.31. The number of rotatable bonds is 5. The van der Waals surface area contributed by atoms with Crippen molar-refractivity contribution in [1.29, 1.82) is 0 Å². The van der Waals surface area contributed by atoms with Crippen LogP contribution in [0.1, 0.15) is 24.0 Å². The summed E-state index contributed by atoms with van der Waals surface area (Å²) in [5, 5.41) is 6.23. The van der Waals surface area contributed by atoms with Gasteiger partial charge < -0.3 is 15.2 Å². The van der Waals surface area contributed by atoms with Crippen LogP contribution in [0.15, 0.2) is 54.9 Å². The normalized spacial score (nSPS) is 16.4. The third kappa shape index (κ3) is 4.06. The summed E-state index contributed by atoms with van der Waals surface area (Å²) in [4.78, 5) is 16.5. The zero-order chi connectivity index (χ0) is 17.1. The number of para-hydroxylation sites is 2. The lowest BCUT2D eigenvalue weighted by Gasteiger charge is -2.11. The van der Waals surface area contributed by atoms with Crippen LogP contribution < -0.4 is 10.6 Å². The molecule has 2 N–H and O–H groups in total. The molecule has 1 aliphatic rings. The van der Waals surface area contributed by atoms with Crippen molar-refractivity contribution in [3.8, 4) is 0 Å². The lowest BCUT2D eigenvalue weighted by molar-refractivity contribution is -0.122. The van der Waals surface area contributed by atoms with Crippen LogP contribution in [-0.4, -0.2) is 28.0 Å². The Hall–Kier alpha value is -2.37. The lowest BCUT2D eigenvalue weighted by Crippen LogP contribution is -2.39. The van der Waals surface area contributed by atoms with Gasteiger partial charge in [0.15, 0.2) is 0 Å². The van der Waals surface area contributed by atoms with Crippen LogP contribution in [0.2, 0.25) is 0 Å². The summed E-state index contributed by atoms with van der Waals surface area (Å²) < 4.78 is 2.15. The van der Waals surface area contributed by atoms with Gasteiger partial charge in [0.2, 0.25) is 5.91 Å². The highest BCUT2D eigenvalue weighted by molar-refractivity contribution is 5.85. The van der Waals surface area contributed by atoms with E-state index in [1.807, 2.05) is 24.5 Å². The Bertz CT molecular complexity index is 869. The molecule has 0 spiro atoms. The monoisotopic (exact) mass is 370 g/mol. The molecule has 136 valence electrons. The molecule has 0 aliphatic carbocycles. The van der Waals surface area contributed by atoms with E-state index in [9.17, 15) is 4.79 Å². The van der Waals surface area contributed by atoms with E-state index in [2.05, 4.69) is 50.5 Å². The van der Waals surface area contributed by atoms with Crippen LogP contribution in [0.25, 0.3) is 11.0 Å². The molecule has 1 amide bonds. The number of halogens is 1. The van der Waals surface area contributed by atoms with E-state index in [-0.39, 0.29) is 24.4 Å². The predicted molar refractivity (Wildman–Crippen MR) is 105 cm³/mol. The summed E-state index contributed by atoms with van der Waals surface area (Å²) in [6, 6.07) is 16.5. The van der Waals surface area contributed by atoms with Gasteiger partial charge in [-0.3, -0.25) is 4.79 Å². The van der Waals surface area contributed by atoms with Crippen molar-refractivity contribution < 1.29 is 4.79 Å². The number of fused-ring (bicyclic) bond motifs is 1. The maximum Gasteiger partial charge on any atom is 0.237 e. The number of nitrogens with one attached hydrogen (secondary N) is 2. The van der Waals surface area contributed by atoms with Gasteiger partial charge in [-0.05, 0) is 42.6 Å². The average molecular weight is 371 g/mol. The molecule has 4 rings (SSSR count). The fourth-order valence-electron chi connectivity index (χ4n) is 3.32. The number of carbonyl (C=O) groups excluding carboxylic acids is 1. The molecule has 1 aromatic heterocycles. The molecular formula is C20H23ClN4O. The minimum absolute atomic E-state index is 0. The van der Waals surface area contributed by atoms with E-state index in [0.717, 1.165) is 42.5 Å². The van der Waals surface area contributed by atoms with E-state index in [1.54, 1.807) is 0 Å². The van der Waals surface area contributed by atoms with E-state index in [4.69, 9.17) is 0 Å². The highest BCUT2D eigenvalue weighted by atomic mass is 35.5. The number of carbonyl (C=O) groups is 1. The summed E-state index contributed by atoms with van der Waals surface area (Å²) >= 11 is 0. The van der Waals surface area contributed by atoms with Gasteiger partial charge in [0.05, 0.1) is 23.4 Å². The quantitative estimate of drug-likeness (QED) is 0.726. The summed E-state index contributed by atoms with van der Waals surface area (Å²) in [7, 11) is 0. The van der Waals surface area contributed by atoms with Crippen LogP contribution in [0, 0.1) is 0 Å². The smallest absolute Gasteiger partial charge is 0.237 e. The van der Waals surface area contributed by atoms with Crippen molar-refractivity contribution in [3.05, 3.63) is 66.0 Å². The highest BCUT2D eigenvalue weighted by Gasteiger charge is 2.21. The number of imidazole rings is 1. The largest absolute Gasteiger partial charge is 0.351 e. The molecule has 1 saturated heterocycles. The van der Waals surface area contributed by atoms with Crippen molar-refractivity contribution in [1.82, 2.24) is 20.2 Å². The number of hydrogen-bond acceptors (Lipinski definition) is 3. The molecule has 5 nitrogen and oxygen atoms in total. The first-order valence-electron chi connectivity index (χ1n) is 8.78. The van der Waals surface area contributed by atoms with E-state index in [0.29, 0.717) is 6.54 Å². The zero-order valence-electron chi connectivity index (χ0n) is 14.5. The maximum absolute atomic E-state index is 12.0. The van der Waals surface area contributed by atoms with E-state index < -0.39 is 0 Å². The van der Waals surface area contributed by atoms with Gasteiger partial charge in [-0.1, -0.05) is 36.4 Å². The predicted octanol–water partition coefficient (Wildman–Crippen LogP) is 2.87. The first-order valence-corrected chi connectivity index (χ1v) is 8.78. The fraction of sp³-hybridized carbons (Fsp3) is 0.300. The minimum atomic E-state index is -0.0196. The van der Waals surface area contributed by atoms with Crippen molar-refractivity contribution >= 4 is 29.3 Å². The summed E-state index contributed by atoms with van der Waals surface area (Å²) in [5.41, 5.74) is 4.49. The first-order chi connectivity index (χ1) is 12.3. The van der Waals surface area contributed by atoms with Crippen molar-refractivity contribution in [2.45, 2.75) is 32.0 Å². The summed E-state index contributed by atoms with van der Waals surface area (Å²) in [5.74, 6) is 0.103. The molecule has 0 saturated carbocycles. The van der Waals surface area contributed by atoms with Crippen molar-refractivity contribution in [3.63, 3.8) is 0 Å². The minimum Gasteiger partial charge on any atom is -0.351 e. The topological polar surface area (TPSA) is 59.0 Å². The van der Waals surface area contributed by atoms with Crippen LogP contribution in [0.3, 0.4) is 0 Å². The van der Waals surface area contributed by atoms with Gasteiger partial charge >= 0.3 is 0 Å². The molecule has 1 aliphatic heterocycles. The highest BCUT2D eigenvalue weighted by Crippen LogP contribution is 2.14. The Kier molecular flexibility index (Phi) is 5.91. The van der Waals surface area contributed by atoms with Crippen LogP contribution in [-0.2, 0) is 17.9 Å². The molecule has 1 atom stereocenters. The van der Waals surface area contributed by atoms with Gasteiger partial charge in [0.25, 0.3) is 0 Å². The Labute approximate surface area is 159 Å². The molecule has 0 unspecified atom stereocenters. The van der Waals surface area contributed by atoms with Crippen molar-refractivity contribution in [2.24, 2.45) is 0 Å². The molecule has 2 heterocycles. The zero-order valence-corrected chi connectivity index (χ0v) is 15.3. The van der Waals surface area contributed by atoms with Crippen molar-refractivity contribution in [2.75, 3.05) is 6.54 Å². The van der Waals surface area contributed by atoms with Gasteiger partial charge in [-0.2, -0.15) is 0 Å². The van der Waals surface area contributed by atoms with Crippen LogP contribution in [0.5, 0.6) is 0 Å². The first kappa shape index (κ1) is 18.4. The molecule has 2 aromatic carbocycles. The Morgan fingerprint density at radius 3 is 2.69 bits per heavy atom. The number of hydrogen-bond donors (Lipinski definition) is 2. The van der Waals surface area contributed by atoms with Crippen LogP contribution in [0.4, 0.5) is 0 Å². The maximum atomic E-state index is 12.0. The Morgan fingerprint density at radius 1 is 1.15 bits per heavy atom. The molecule has 0 radical (unpaired) electrons. The average Bonchev–Trinajstić information content (AvgIpc) is 3.32. The van der Waals surface area contributed by atoms with Gasteiger partial charge in [0.1, 0.15) is 0 Å². The van der Waals surface area contributed by atoms with Gasteiger partial charge in [0, 0.05) is 13.1 Å². The number of nitrogens with zero attached hydrogens (tertiary/aromatic N) is 2. The van der Waals surface area contributed by atoms with Gasteiger partial charge in [-0.15, -0.1) is 12.4 Å². The van der Waals surface area contributed by atoms with Gasteiger partial charge in [-0.25, -0.2) is 4.98 Å². The fourth-order valence-corrected chi connectivity index (χ4v) is 3.32. The molecule has 26 heavy (non-hydrogen) atoms. The Morgan fingerprint density at radius 2 is 1.92 bits per heavy atom. The second-order valence-electron chi connectivity index (χ2n) is 6.54. The third-order valence-corrected chi connectivity index (χ3v) is 4.75. The van der Waals surface area contributed by atoms with Crippen LogP contribution >= 0.6 is 12.4 Å².